The Bertz CT molecular complexity index is 1960. The SMILES string of the molecule is CCCCCCCCNc1ccc2cc3c(cc2c1)sc1cc2c(cc13)sc1cc3cc(C)ccc3cc12. The zero-order chi connectivity index (χ0) is 25.6. The second-order valence-corrected chi connectivity index (χ2v) is 13.0. The molecule has 0 aliphatic rings. The summed E-state index contributed by atoms with van der Waals surface area (Å²) in [6.45, 7) is 5.51. The molecule has 0 radical (unpaired) electrons. The number of fused-ring (bicyclic) bond motifs is 8. The Hall–Kier alpha value is -3.14. The molecule has 190 valence electrons. The maximum absolute atomic E-state index is 3.66. The van der Waals surface area contributed by atoms with E-state index in [1.807, 2.05) is 22.7 Å². The second-order valence-electron chi connectivity index (χ2n) is 10.9. The molecule has 1 nitrogen and oxygen atoms in total. The lowest BCUT2D eigenvalue weighted by Gasteiger charge is -2.08. The quantitative estimate of drug-likeness (QED) is 0.192. The van der Waals surface area contributed by atoms with Crippen LogP contribution in [0, 0.1) is 6.92 Å². The van der Waals surface area contributed by atoms with Crippen molar-refractivity contribution in [2.75, 3.05) is 11.9 Å². The molecule has 2 aromatic heterocycles. The van der Waals surface area contributed by atoms with Crippen LogP contribution in [0.15, 0.2) is 72.8 Å². The molecule has 5 aromatic carbocycles. The Balaban J connectivity index is 1.23. The van der Waals surface area contributed by atoms with Crippen LogP contribution in [-0.4, -0.2) is 6.54 Å². The molecule has 0 bridgehead atoms. The van der Waals surface area contributed by atoms with Crippen LogP contribution >= 0.6 is 22.7 Å². The van der Waals surface area contributed by atoms with Crippen LogP contribution in [0.3, 0.4) is 0 Å². The van der Waals surface area contributed by atoms with Gasteiger partial charge in [0.1, 0.15) is 0 Å². The first-order chi connectivity index (χ1) is 18.7. The number of hydrogen-bond acceptors (Lipinski definition) is 3. The van der Waals surface area contributed by atoms with Crippen molar-refractivity contribution >= 4 is 90.3 Å². The number of nitrogens with one attached hydrogen (secondary N) is 1. The van der Waals surface area contributed by atoms with Gasteiger partial charge in [-0.2, -0.15) is 0 Å². The molecule has 7 rings (SSSR count). The molecule has 0 unspecified atom stereocenters. The molecule has 0 saturated carbocycles. The zero-order valence-electron chi connectivity index (χ0n) is 22.2. The molecular weight excluding hydrogens is 499 g/mol. The maximum atomic E-state index is 3.66. The molecule has 0 spiro atoms. The summed E-state index contributed by atoms with van der Waals surface area (Å²) in [6, 6.07) is 28.1. The monoisotopic (exact) mass is 531 g/mol. The average Bonchev–Trinajstić information content (AvgIpc) is 3.44. The third kappa shape index (κ3) is 4.32. The van der Waals surface area contributed by atoms with Gasteiger partial charge in [0.15, 0.2) is 0 Å². The van der Waals surface area contributed by atoms with Crippen LogP contribution in [0.1, 0.15) is 51.0 Å². The van der Waals surface area contributed by atoms with Gasteiger partial charge < -0.3 is 5.32 Å². The van der Waals surface area contributed by atoms with Gasteiger partial charge in [-0.15, -0.1) is 22.7 Å². The van der Waals surface area contributed by atoms with Crippen molar-refractivity contribution in [3.63, 3.8) is 0 Å². The van der Waals surface area contributed by atoms with E-state index < -0.39 is 0 Å². The number of benzene rings is 5. The van der Waals surface area contributed by atoms with Gasteiger partial charge >= 0.3 is 0 Å². The Kier molecular flexibility index (Phi) is 6.22. The van der Waals surface area contributed by atoms with Crippen molar-refractivity contribution < 1.29 is 0 Å². The van der Waals surface area contributed by atoms with E-state index in [9.17, 15) is 0 Å². The van der Waals surface area contributed by atoms with Gasteiger partial charge in [-0.1, -0.05) is 68.9 Å². The first-order valence-corrected chi connectivity index (χ1v) is 15.7. The van der Waals surface area contributed by atoms with Crippen molar-refractivity contribution in [1.29, 1.82) is 0 Å². The van der Waals surface area contributed by atoms with Crippen molar-refractivity contribution in [3.8, 4) is 0 Å². The van der Waals surface area contributed by atoms with E-state index in [4.69, 9.17) is 0 Å². The lowest BCUT2D eigenvalue weighted by molar-refractivity contribution is 0.617. The standard InChI is InChI=1S/C35H33NS2/c1-3-4-5-6-7-8-13-36-27-12-11-24-17-29-31-21-34-30(20-35(31)38-33(29)19-26(24)15-27)28-16-23-10-9-22(2)14-25(23)18-32(28)37-34/h9-12,14-21,36H,3-8,13H2,1-2H3. The number of rotatable bonds is 8. The normalized spacial score (nSPS) is 12.2. The predicted octanol–water partition coefficient (Wildman–Crippen LogP) is 11.8. The van der Waals surface area contributed by atoms with Gasteiger partial charge in [0.25, 0.3) is 0 Å². The lowest BCUT2D eigenvalue weighted by Crippen LogP contribution is -2.01. The average molecular weight is 532 g/mol. The Morgan fingerprint density at radius 1 is 0.526 bits per heavy atom. The van der Waals surface area contributed by atoms with E-state index in [0.29, 0.717) is 0 Å². The summed E-state index contributed by atoms with van der Waals surface area (Å²) in [5.74, 6) is 0. The topological polar surface area (TPSA) is 12.0 Å². The Labute approximate surface area is 232 Å². The van der Waals surface area contributed by atoms with Crippen molar-refractivity contribution in [1.82, 2.24) is 0 Å². The fraction of sp³-hybridized carbons (Fsp3) is 0.257. The first-order valence-electron chi connectivity index (χ1n) is 14.1. The zero-order valence-corrected chi connectivity index (χ0v) is 23.8. The van der Waals surface area contributed by atoms with Gasteiger partial charge in [0.05, 0.1) is 0 Å². The van der Waals surface area contributed by atoms with Crippen LogP contribution < -0.4 is 5.32 Å². The van der Waals surface area contributed by atoms with E-state index in [1.54, 1.807) is 0 Å². The molecule has 0 saturated heterocycles. The molecule has 0 fully saturated rings. The van der Waals surface area contributed by atoms with Crippen molar-refractivity contribution in [2.45, 2.75) is 52.4 Å². The number of aryl methyl sites for hydroxylation is 1. The van der Waals surface area contributed by atoms with Crippen LogP contribution in [-0.2, 0) is 0 Å². The lowest BCUT2D eigenvalue weighted by atomic mass is 10.0. The Morgan fingerprint density at radius 3 is 1.76 bits per heavy atom. The van der Waals surface area contributed by atoms with Crippen molar-refractivity contribution in [2.24, 2.45) is 0 Å². The Morgan fingerprint density at radius 2 is 1.08 bits per heavy atom. The summed E-state index contributed by atoms with van der Waals surface area (Å²) in [5.41, 5.74) is 2.55. The third-order valence-corrected chi connectivity index (χ3v) is 10.2. The van der Waals surface area contributed by atoms with Crippen LogP contribution in [0.25, 0.3) is 61.9 Å². The fourth-order valence-electron chi connectivity index (χ4n) is 5.90. The minimum Gasteiger partial charge on any atom is -0.385 e. The van der Waals surface area contributed by atoms with Crippen LogP contribution in [0.5, 0.6) is 0 Å². The molecular formula is C35H33NS2. The van der Waals surface area contributed by atoms with E-state index in [2.05, 4.69) is 92.0 Å². The summed E-state index contributed by atoms with van der Waals surface area (Å²) in [6.07, 6.45) is 8.00. The molecule has 0 aliphatic heterocycles. The highest BCUT2D eigenvalue weighted by Crippen LogP contribution is 2.43. The third-order valence-electron chi connectivity index (χ3n) is 7.99. The van der Waals surface area contributed by atoms with Crippen LogP contribution in [0.4, 0.5) is 5.69 Å². The summed E-state index contributed by atoms with van der Waals surface area (Å²) >= 11 is 3.86. The number of hydrogen-bond donors (Lipinski definition) is 1. The van der Waals surface area contributed by atoms with Gasteiger partial charge in [-0.05, 0) is 83.4 Å². The highest BCUT2D eigenvalue weighted by Gasteiger charge is 2.13. The second kappa shape index (κ2) is 9.87. The highest BCUT2D eigenvalue weighted by molar-refractivity contribution is 7.27. The summed E-state index contributed by atoms with van der Waals surface area (Å²) < 4.78 is 5.52. The molecule has 0 amide bonds. The largest absolute Gasteiger partial charge is 0.385 e. The molecule has 3 heteroatoms. The fourth-order valence-corrected chi connectivity index (χ4v) is 8.21. The summed E-state index contributed by atoms with van der Waals surface area (Å²) in [4.78, 5) is 0. The molecule has 1 N–H and O–H groups in total. The molecule has 38 heavy (non-hydrogen) atoms. The number of anilines is 1. The number of unbranched alkanes of at least 4 members (excludes halogenated alkanes) is 5. The minimum absolute atomic E-state index is 1.06. The van der Waals surface area contributed by atoms with Gasteiger partial charge in [0, 0.05) is 52.6 Å². The van der Waals surface area contributed by atoms with E-state index in [1.165, 1.54) is 112 Å². The molecule has 0 atom stereocenters. The summed E-state index contributed by atoms with van der Waals surface area (Å²) in [5, 5.41) is 14.5. The molecule has 0 aliphatic carbocycles. The highest BCUT2D eigenvalue weighted by atomic mass is 32.1. The van der Waals surface area contributed by atoms with Crippen LogP contribution in [0.2, 0.25) is 0 Å². The van der Waals surface area contributed by atoms with Crippen molar-refractivity contribution in [3.05, 3.63) is 78.4 Å². The van der Waals surface area contributed by atoms with Gasteiger partial charge in [-0.3, -0.25) is 0 Å². The first kappa shape index (κ1) is 23.9. The van der Waals surface area contributed by atoms with E-state index in [-0.39, 0.29) is 0 Å². The van der Waals surface area contributed by atoms with E-state index in [0.717, 1.165) is 6.54 Å². The van der Waals surface area contributed by atoms with Gasteiger partial charge in [-0.25, -0.2) is 0 Å². The minimum atomic E-state index is 1.06. The molecule has 7 aromatic rings. The van der Waals surface area contributed by atoms with E-state index >= 15 is 0 Å². The van der Waals surface area contributed by atoms with Gasteiger partial charge in [0.2, 0.25) is 0 Å². The maximum Gasteiger partial charge on any atom is 0.0362 e. The summed E-state index contributed by atoms with van der Waals surface area (Å²) in [7, 11) is 0. The number of thiophene rings is 2. The smallest absolute Gasteiger partial charge is 0.0362 e. The molecule has 2 heterocycles. The predicted molar refractivity (Wildman–Crippen MR) is 174 cm³/mol.